The summed E-state index contributed by atoms with van der Waals surface area (Å²) in [5, 5.41) is 14.4. The van der Waals surface area contributed by atoms with Crippen molar-refractivity contribution in [2.24, 2.45) is 5.92 Å². The van der Waals surface area contributed by atoms with Crippen LogP contribution in [0.25, 0.3) is 11.0 Å². The van der Waals surface area contributed by atoms with Crippen molar-refractivity contribution in [2.75, 3.05) is 38.2 Å². The van der Waals surface area contributed by atoms with E-state index in [4.69, 9.17) is 4.74 Å². The maximum absolute atomic E-state index is 15.8. The maximum Gasteiger partial charge on any atom is 0.276 e. The molecule has 0 radical (unpaired) electrons. The number of unbranched alkanes of at least 4 members (excludes halogenated alkanes) is 2. The zero-order chi connectivity index (χ0) is 32.7. The normalized spacial score (nSPS) is 18.1. The minimum absolute atomic E-state index is 0.0134. The third-order valence-electron chi connectivity index (χ3n) is 9.61. The summed E-state index contributed by atoms with van der Waals surface area (Å²) in [5.74, 6) is -3.20. The van der Waals surface area contributed by atoms with Crippen molar-refractivity contribution in [3.63, 3.8) is 0 Å². The number of nitriles is 1. The minimum Gasteiger partial charge on any atom is -0.381 e. The molecule has 2 aromatic heterocycles. The topological polar surface area (TPSA) is 96.1 Å². The molecule has 5 rings (SSSR count). The molecule has 0 bridgehead atoms. The number of hydrogen-bond donors (Lipinski definition) is 1. The van der Waals surface area contributed by atoms with E-state index in [-0.39, 0.29) is 17.2 Å². The molecule has 0 spiro atoms. The number of pyridine rings is 1. The minimum atomic E-state index is -2.95. The van der Waals surface area contributed by atoms with Crippen molar-refractivity contribution in [1.29, 1.82) is 5.26 Å². The van der Waals surface area contributed by atoms with Gasteiger partial charge in [0.15, 0.2) is 0 Å². The average Bonchev–Trinajstić information content (AvgIpc) is 3.08. The van der Waals surface area contributed by atoms with Gasteiger partial charge in [-0.2, -0.15) is 5.26 Å². The summed E-state index contributed by atoms with van der Waals surface area (Å²) in [4.78, 5) is 25.2. The lowest BCUT2D eigenvalue weighted by atomic mass is 9.75. The Morgan fingerprint density at radius 3 is 2.63 bits per heavy atom. The number of benzene rings is 1. The highest BCUT2D eigenvalue weighted by atomic mass is 19.3. The van der Waals surface area contributed by atoms with Crippen molar-refractivity contribution in [3.05, 3.63) is 89.0 Å². The van der Waals surface area contributed by atoms with Gasteiger partial charge < -0.3 is 10.1 Å². The Bertz CT molecular complexity index is 1630. The van der Waals surface area contributed by atoms with Crippen LogP contribution in [0.1, 0.15) is 74.6 Å². The number of ether oxygens (including phenoxy) is 1. The number of aryl methyl sites for hydroxylation is 1. The Hall–Kier alpha value is -3.94. The van der Waals surface area contributed by atoms with Crippen molar-refractivity contribution in [3.8, 4) is 6.07 Å². The summed E-state index contributed by atoms with van der Waals surface area (Å²) in [7, 11) is 0. The van der Waals surface area contributed by atoms with Crippen LogP contribution in [0.15, 0.2) is 66.8 Å². The van der Waals surface area contributed by atoms with E-state index in [0.29, 0.717) is 93.1 Å². The van der Waals surface area contributed by atoms with Gasteiger partial charge in [-0.15, -0.1) is 13.2 Å². The van der Waals surface area contributed by atoms with Crippen LogP contribution >= 0.6 is 0 Å². The molecule has 2 aliphatic heterocycles. The number of hydrogen-bond acceptors (Lipinski definition) is 7. The third-order valence-corrected chi connectivity index (χ3v) is 9.61. The summed E-state index contributed by atoms with van der Waals surface area (Å²) in [6, 6.07) is 10.4. The molecule has 46 heavy (non-hydrogen) atoms. The van der Waals surface area contributed by atoms with Gasteiger partial charge in [-0.3, -0.25) is 14.3 Å². The van der Waals surface area contributed by atoms with Gasteiger partial charge >= 0.3 is 0 Å². The number of allylic oxidation sites excluding steroid dienone is 1. The predicted octanol–water partition coefficient (Wildman–Crippen LogP) is 6.88. The van der Waals surface area contributed by atoms with Gasteiger partial charge in [-0.1, -0.05) is 30.4 Å². The Kier molecular flexibility index (Phi) is 10.6. The number of nitrogens with zero attached hydrogens (tertiary/aromatic N) is 5. The van der Waals surface area contributed by atoms with E-state index in [1.165, 1.54) is 12.4 Å². The van der Waals surface area contributed by atoms with Gasteiger partial charge in [0, 0.05) is 49.4 Å². The maximum atomic E-state index is 15.8. The quantitative estimate of drug-likeness (QED) is 0.162. The van der Waals surface area contributed by atoms with Crippen LogP contribution in [0.5, 0.6) is 0 Å². The Balaban J connectivity index is 1.47. The van der Waals surface area contributed by atoms with E-state index in [2.05, 4.69) is 39.4 Å². The molecule has 10 heteroatoms. The molecule has 4 heterocycles. The SMILES string of the molecule is C=CCCCCn1c(=O)c(C2(C#N)CCOCC2)cc2c(NC(C)c3cccc(C(F)(F)C4CCN(CC=C)CC4)c3)ncnc21. The standard InChI is InChI=1S/C36H44F2N6O2/c1-4-6-7-8-17-44-33-30(23-31(34(44)45)35(24-39)14-20-46-21-15-35)32(40-25-41-33)42-26(3)27-10-9-11-29(22-27)36(37,38)28-12-18-43(16-5-2)19-13-28/h4-5,9-11,22-23,25-26,28H,1-2,6-8,12-21H2,3H3,(H,40,41,42). The lowest BCUT2D eigenvalue weighted by Gasteiger charge is -2.35. The summed E-state index contributed by atoms with van der Waals surface area (Å²) in [5.41, 5.74) is 0.398. The molecule has 3 aromatic rings. The first-order valence-corrected chi connectivity index (χ1v) is 16.3. The van der Waals surface area contributed by atoms with Crippen LogP contribution < -0.4 is 10.9 Å². The number of fused-ring (bicyclic) bond motifs is 1. The number of alkyl halides is 2. The highest BCUT2D eigenvalue weighted by Crippen LogP contribution is 2.42. The molecule has 0 saturated carbocycles. The van der Waals surface area contributed by atoms with Crippen LogP contribution in [0.2, 0.25) is 0 Å². The lowest BCUT2D eigenvalue weighted by molar-refractivity contribution is -0.0847. The van der Waals surface area contributed by atoms with Gasteiger partial charge in [0.05, 0.1) is 16.9 Å². The Morgan fingerprint density at radius 2 is 1.93 bits per heavy atom. The van der Waals surface area contributed by atoms with Gasteiger partial charge in [-0.25, -0.2) is 18.7 Å². The molecule has 2 aliphatic rings. The second kappa shape index (κ2) is 14.7. The van der Waals surface area contributed by atoms with E-state index in [1.54, 1.807) is 22.8 Å². The molecule has 244 valence electrons. The van der Waals surface area contributed by atoms with Gasteiger partial charge in [-0.05, 0) is 82.7 Å². The van der Waals surface area contributed by atoms with E-state index in [9.17, 15) is 10.1 Å². The molecule has 1 N–H and O–H groups in total. The molecule has 1 unspecified atom stereocenters. The van der Waals surface area contributed by atoms with Crippen molar-refractivity contribution in [1.82, 2.24) is 19.4 Å². The van der Waals surface area contributed by atoms with Crippen LogP contribution in [0.3, 0.4) is 0 Å². The van der Waals surface area contributed by atoms with Crippen molar-refractivity contribution < 1.29 is 13.5 Å². The number of piperidine rings is 1. The highest BCUT2D eigenvalue weighted by Gasteiger charge is 2.43. The third kappa shape index (κ3) is 6.91. The van der Waals surface area contributed by atoms with Gasteiger partial charge in [0.2, 0.25) is 0 Å². The van der Waals surface area contributed by atoms with Crippen LogP contribution in [0.4, 0.5) is 14.6 Å². The first kappa shape index (κ1) is 33.4. The Labute approximate surface area is 269 Å². The summed E-state index contributed by atoms with van der Waals surface area (Å²) in [6.45, 7) is 12.7. The number of aromatic nitrogens is 3. The second-order valence-electron chi connectivity index (χ2n) is 12.5. The Morgan fingerprint density at radius 1 is 1.17 bits per heavy atom. The average molecular weight is 631 g/mol. The number of rotatable bonds is 13. The van der Waals surface area contributed by atoms with Crippen molar-refractivity contribution >= 4 is 16.9 Å². The predicted molar refractivity (Wildman–Crippen MR) is 177 cm³/mol. The molecule has 2 fully saturated rings. The molecular formula is C36H44F2N6O2. The zero-order valence-corrected chi connectivity index (χ0v) is 26.7. The highest BCUT2D eigenvalue weighted by molar-refractivity contribution is 5.87. The summed E-state index contributed by atoms with van der Waals surface area (Å²) >= 11 is 0. The fraction of sp³-hybridized carbons (Fsp3) is 0.500. The monoisotopic (exact) mass is 630 g/mol. The van der Waals surface area contributed by atoms with Crippen LogP contribution in [0, 0.1) is 17.2 Å². The number of likely N-dealkylation sites (tertiary alicyclic amines) is 1. The van der Waals surface area contributed by atoms with Gasteiger partial charge in [0.25, 0.3) is 11.5 Å². The van der Waals surface area contributed by atoms with Crippen LogP contribution in [-0.4, -0.2) is 52.3 Å². The molecule has 8 nitrogen and oxygen atoms in total. The van der Waals surface area contributed by atoms with Crippen LogP contribution in [-0.2, 0) is 22.6 Å². The molecule has 0 amide bonds. The summed E-state index contributed by atoms with van der Waals surface area (Å²) < 4.78 is 38.8. The number of nitrogens with one attached hydrogen (secondary N) is 1. The van der Waals surface area contributed by atoms with E-state index in [1.807, 2.05) is 25.1 Å². The molecular weight excluding hydrogens is 586 g/mol. The molecule has 1 atom stereocenters. The van der Waals surface area contributed by atoms with Gasteiger partial charge in [0.1, 0.15) is 17.8 Å². The number of anilines is 1. The fourth-order valence-electron chi connectivity index (χ4n) is 6.77. The number of halogens is 2. The lowest BCUT2D eigenvalue weighted by Crippen LogP contribution is -2.39. The molecule has 1 aromatic carbocycles. The molecule has 2 saturated heterocycles. The molecule has 0 aliphatic carbocycles. The van der Waals surface area contributed by atoms with E-state index < -0.39 is 17.3 Å². The van der Waals surface area contributed by atoms with E-state index in [0.717, 1.165) is 19.3 Å². The first-order chi connectivity index (χ1) is 22.2. The second-order valence-corrected chi connectivity index (χ2v) is 12.5. The smallest absolute Gasteiger partial charge is 0.276 e. The van der Waals surface area contributed by atoms with E-state index >= 15 is 8.78 Å². The van der Waals surface area contributed by atoms with Crippen molar-refractivity contribution in [2.45, 2.75) is 75.8 Å². The summed E-state index contributed by atoms with van der Waals surface area (Å²) in [6.07, 6.45) is 9.21. The first-order valence-electron chi connectivity index (χ1n) is 16.3. The fourth-order valence-corrected chi connectivity index (χ4v) is 6.77. The largest absolute Gasteiger partial charge is 0.381 e. The zero-order valence-electron chi connectivity index (χ0n) is 26.7.